The summed E-state index contributed by atoms with van der Waals surface area (Å²) in [5.74, 6) is -1.89. The summed E-state index contributed by atoms with van der Waals surface area (Å²) < 4.78 is 16.0. The number of esters is 3. The van der Waals surface area contributed by atoms with Crippen LogP contribution in [-0.2, 0) is 28.6 Å². The van der Waals surface area contributed by atoms with Crippen molar-refractivity contribution in [3.63, 3.8) is 0 Å². The van der Waals surface area contributed by atoms with Crippen LogP contribution in [0.25, 0.3) is 0 Å². The first kappa shape index (κ1) is 29.9. The highest BCUT2D eigenvalue weighted by Gasteiger charge is 2.56. The Bertz CT molecular complexity index is 984. The van der Waals surface area contributed by atoms with Gasteiger partial charge in [-0.25, -0.2) is 0 Å². The summed E-state index contributed by atoms with van der Waals surface area (Å²) in [7, 11) is 0. The van der Waals surface area contributed by atoms with Gasteiger partial charge in [-0.15, -0.1) is 0 Å². The van der Waals surface area contributed by atoms with Crippen LogP contribution < -0.4 is 0 Å². The number of hydrogen-bond donors (Lipinski definition) is 0. The van der Waals surface area contributed by atoms with E-state index in [4.69, 9.17) is 14.2 Å². The summed E-state index contributed by atoms with van der Waals surface area (Å²) in [6.45, 7) is 13.0. The normalized spacial score (nSPS) is 33.4. The van der Waals surface area contributed by atoms with Gasteiger partial charge in [0.05, 0.1) is 5.92 Å². The number of fused-ring (bicyclic) bond motifs is 5. The fourth-order valence-corrected chi connectivity index (χ4v) is 9.10. The third kappa shape index (κ3) is 5.72. The summed E-state index contributed by atoms with van der Waals surface area (Å²) in [6, 6.07) is 0. The summed E-state index contributed by atoms with van der Waals surface area (Å²) >= 11 is 0. The molecule has 0 heterocycles. The van der Waals surface area contributed by atoms with Crippen molar-refractivity contribution >= 4 is 17.9 Å². The van der Waals surface area contributed by atoms with Crippen molar-refractivity contribution in [3.05, 3.63) is 23.3 Å². The van der Waals surface area contributed by atoms with Crippen molar-refractivity contribution < 1.29 is 28.6 Å². The quantitative estimate of drug-likeness (QED) is 0.220. The zero-order valence-corrected chi connectivity index (χ0v) is 25.3. The highest BCUT2D eigenvalue weighted by molar-refractivity contribution is 5.70. The van der Waals surface area contributed by atoms with Crippen molar-refractivity contribution in [1.82, 2.24) is 0 Å². The molecule has 4 aliphatic rings. The first-order chi connectivity index (χ1) is 18.3. The van der Waals surface area contributed by atoms with Crippen molar-refractivity contribution in [2.24, 2.45) is 40.4 Å². The molecular weight excluding hydrogens is 492 g/mol. The first-order valence-electron chi connectivity index (χ1n) is 15.3. The molecule has 6 heteroatoms. The van der Waals surface area contributed by atoms with Gasteiger partial charge in [-0.1, -0.05) is 70.3 Å². The largest absolute Gasteiger partial charge is 0.426 e. The molecule has 6 nitrogen and oxygen atoms in total. The van der Waals surface area contributed by atoms with Gasteiger partial charge in [0.15, 0.2) is 0 Å². The number of carbonyl (C=O) groups is 3. The van der Waals surface area contributed by atoms with Crippen LogP contribution in [0.3, 0.4) is 0 Å². The van der Waals surface area contributed by atoms with E-state index < -0.39 is 29.8 Å². The molecular formula is C33H50O6. The number of carbonyl (C=O) groups excluding carboxylic acids is 3. The van der Waals surface area contributed by atoms with Crippen LogP contribution in [0, 0.1) is 40.4 Å². The second-order valence-electron chi connectivity index (χ2n) is 13.5. The molecule has 4 rings (SSSR count). The Morgan fingerprint density at radius 3 is 2.13 bits per heavy atom. The molecule has 39 heavy (non-hydrogen) atoms. The summed E-state index contributed by atoms with van der Waals surface area (Å²) in [6.07, 6.45) is 18.0. The number of ether oxygens (including phenoxy) is 3. The Morgan fingerprint density at radius 1 is 0.872 bits per heavy atom. The van der Waals surface area contributed by atoms with E-state index >= 15 is 0 Å². The molecule has 7 atom stereocenters. The summed E-state index contributed by atoms with van der Waals surface area (Å²) in [5, 5.41) is 0. The van der Waals surface area contributed by atoms with Crippen molar-refractivity contribution in [2.45, 2.75) is 125 Å². The molecule has 0 aromatic carbocycles. The molecule has 0 radical (unpaired) electrons. The van der Waals surface area contributed by atoms with Gasteiger partial charge in [-0.05, 0) is 85.9 Å². The van der Waals surface area contributed by atoms with Gasteiger partial charge in [0.2, 0.25) is 0 Å². The van der Waals surface area contributed by atoms with E-state index in [2.05, 4.69) is 32.9 Å². The lowest BCUT2D eigenvalue weighted by Crippen LogP contribution is -2.48. The molecule has 4 aliphatic carbocycles. The van der Waals surface area contributed by atoms with E-state index in [-0.39, 0.29) is 0 Å². The fraction of sp³-hybridized carbons (Fsp3) is 0.788. The van der Waals surface area contributed by atoms with Crippen molar-refractivity contribution in [2.75, 3.05) is 0 Å². The average molecular weight is 543 g/mol. The summed E-state index contributed by atoms with van der Waals surface area (Å²) in [5.41, 5.74) is 4.16. The van der Waals surface area contributed by atoms with Gasteiger partial charge in [-0.2, -0.15) is 0 Å². The molecule has 0 unspecified atom stereocenters. The molecule has 0 amide bonds. The van der Waals surface area contributed by atoms with Crippen LogP contribution in [0.2, 0.25) is 0 Å². The lowest BCUT2D eigenvalue weighted by atomic mass is 9.50. The first-order valence-corrected chi connectivity index (χ1v) is 15.3. The smallest absolute Gasteiger partial charge is 0.388 e. The van der Waals surface area contributed by atoms with Crippen LogP contribution in [0.15, 0.2) is 23.3 Å². The Labute approximate surface area is 235 Å². The molecule has 3 saturated carbocycles. The van der Waals surface area contributed by atoms with Crippen LogP contribution in [0.5, 0.6) is 0 Å². The van der Waals surface area contributed by atoms with Gasteiger partial charge in [0.25, 0.3) is 0 Å². The Balaban J connectivity index is 1.42. The van der Waals surface area contributed by atoms with Gasteiger partial charge in [0, 0.05) is 20.8 Å². The molecule has 0 N–H and O–H groups in total. The number of hydrogen-bond acceptors (Lipinski definition) is 6. The molecule has 0 bridgehead atoms. The maximum atomic E-state index is 11.8. The Kier molecular flexibility index (Phi) is 8.73. The minimum Gasteiger partial charge on any atom is -0.388 e. The molecule has 3 fully saturated rings. The van der Waals surface area contributed by atoms with Crippen molar-refractivity contribution in [1.29, 1.82) is 0 Å². The molecule has 0 spiro atoms. The van der Waals surface area contributed by atoms with Crippen LogP contribution in [0.1, 0.15) is 119 Å². The van der Waals surface area contributed by atoms with Crippen molar-refractivity contribution in [3.8, 4) is 0 Å². The minimum atomic E-state index is -2.02. The second kappa shape index (κ2) is 11.4. The average Bonchev–Trinajstić information content (AvgIpc) is 3.19. The van der Waals surface area contributed by atoms with E-state index in [1.165, 1.54) is 72.1 Å². The summed E-state index contributed by atoms with van der Waals surface area (Å²) in [4.78, 5) is 35.5. The maximum Gasteiger partial charge on any atom is 0.426 e. The SMILES string of the molecule is CC(=O)OC(OC(C)=O)(OC(C)=O)[C@@H](C)CCC[C@@H](C)[C@H]1CC[C@H]2C3=CC=C4CCCC[C@]4(C)[C@H]3CC[C@]12C. The van der Waals surface area contributed by atoms with Gasteiger partial charge >= 0.3 is 23.9 Å². The van der Waals surface area contributed by atoms with Gasteiger partial charge < -0.3 is 14.2 Å². The maximum absolute atomic E-state index is 11.8. The van der Waals surface area contributed by atoms with Crippen LogP contribution in [0.4, 0.5) is 0 Å². The molecule has 218 valence electrons. The third-order valence-corrected chi connectivity index (χ3v) is 11.0. The third-order valence-electron chi connectivity index (χ3n) is 11.0. The predicted molar refractivity (Wildman–Crippen MR) is 150 cm³/mol. The Hall–Kier alpha value is -2.11. The number of allylic oxidation sites excluding steroid dienone is 4. The van der Waals surface area contributed by atoms with E-state index in [9.17, 15) is 14.4 Å². The highest BCUT2D eigenvalue weighted by atomic mass is 16.9. The highest BCUT2D eigenvalue weighted by Crippen LogP contribution is 2.66. The van der Waals surface area contributed by atoms with Gasteiger partial charge in [0.1, 0.15) is 0 Å². The van der Waals surface area contributed by atoms with E-state index in [0.717, 1.165) is 18.8 Å². The predicted octanol–water partition coefficient (Wildman–Crippen LogP) is 7.66. The number of rotatable bonds is 9. The van der Waals surface area contributed by atoms with Crippen LogP contribution in [-0.4, -0.2) is 23.9 Å². The van der Waals surface area contributed by atoms with Gasteiger partial charge in [-0.3, -0.25) is 14.4 Å². The van der Waals surface area contributed by atoms with Crippen LogP contribution >= 0.6 is 0 Å². The Morgan fingerprint density at radius 2 is 1.51 bits per heavy atom. The lowest BCUT2D eigenvalue weighted by molar-refractivity contribution is -0.350. The van der Waals surface area contributed by atoms with E-state index in [0.29, 0.717) is 35.0 Å². The zero-order valence-electron chi connectivity index (χ0n) is 25.3. The minimum absolute atomic E-state index is 0.334. The zero-order chi connectivity index (χ0) is 28.6. The second-order valence-corrected chi connectivity index (χ2v) is 13.5. The monoisotopic (exact) mass is 542 g/mol. The fourth-order valence-electron chi connectivity index (χ4n) is 9.10. The molecule has 0 aromatic heterocycles. The van der Waals surface area contributed by atoms with E-state index in [1.54, 1.807) is 18.1 Å². The molecule has 0 aromatic rings. The molecule has 0 aliphatic heterocycles. The standard InChI is InChI=1S/C33H50O6/c1-21(11-10-12-22(2)33(37-23(3)34,38-24(4)35)39-25(5)36)28-16-17-29-27-15-14-26-13-8-9-19-31(26,6)30(27)18-20-32(28,29)7/h14-15,21-22,28-30H,8-13,16-20H2,1-7H3/t21-,22+,28-,29+,30+,31+,32-/m1/s1. The topological polar surface area (TPSA) is 78.9 Å². The molecule has 0 saturated heterocycles. The van der Waals surface area contributed by atoms with E-state index in [1.807, 2.05) is 0 Å². The lowest BCUT2D eigenvalue weighted by Gasteiger charge is -2.54.